The largest absolute Gasteiger partial charge is 0.497 e. The topological polar surface area (TPSA) is 43.6 Å². The van der Waals surface area contributed by atoms with E-state index in [1.165, 1.54) is 0 Å². The first-order chi connectivity index (χ1) is 7.79. The number of amides is 1. The number of methoxy groups -OCH3 is 1. The first-order valence-electron chi connectivity index (χ1n) is 5.33. The van der Waals surface area contributed by atoms with E-state index in [4.69, 9.17) is 4.74 Å². The van der Waals surface area contributed by atoms with Crippen LogP contribution in [0.4, 0.5) is 0 Å². The second-order valence-electron chi connectivity index (χ2n) is 3.77. The lowest BCUT2D eigenvalue weighted by Gasteiger charge is -2.26. The number of nitrogens with zero attached hydrogens (tertiary/aromatic N) is 2. The molecule has 0 atom stereocenters. The Labute approximate surface area is 95.2 Å². The standard InChI is InChI=1S/C12H15N2O2/c1-16-11-4-2-3-10(7-11)9-14-6-5-13-8-12(14)15/h2-4,7H,5-6,8-9H2,1H3. The number of hydrogen-bond donors (Lipinski definition) is 0. The van der Waals surface area contributed by atoms with Crippen LogP contribution in [0.5, 0.6) is 5.75 Å². The number of rotatable bonds is 3. The number of hydrogen-bond acceptors (Lipinski definition) is 2. The first-order valence-corrected chi connectivity index (χ1v) is 5.33. The first kappa shape index (κ1) is 11.0. The van der Waals surface area contributed by atoms with Crippen molar-refractivity contribution in [3.8, 4) is 5.75 Å². The molecular weight excluding hydrogens is 204 g/mol. The van der Waals surface area contributed by atoms with Gasteiger partial charge in [0, 0.05) is 19.6 Å². The van der Waals surface area contributed by atoms with Crippen molar-refractivity contribution >= 4 is 5.91 Å². The summed E-state index contributed by atoms with van der Waals surface area (Å²) in [6.45, 7) is 2.43. The van der Waals surface area contributed by atoms with Crippen molar-refractivity contribution in [3.05, 3.63) is 29.8 Å². The van der Waals surface area contributed by atoms with Crippen LogP contribution in [0.25, 0.3) is 0 Å². The van der Waals surface area contributed by atoms with E-state index >= 15 is 0 Å². The van der Waals surface area contributed by atoms with Gasteiger partial charge in [0.1, 0.15) is 5.75 Å². The molecule has 1 fully saturated rings. The van der Waals surface area contributed by atoms with Crippen LogP contribution in [0.15, 0.2) is 24.3 Å². The van der Waals surface area contributed by atoms with Crippen molar-refractivity contribution in [2.24, 2.45) is 0 Å². The molecule has 4 nitrogen and oxygen atoms in total. The van der Waals surface area contributed by atoms with Crippen molar-refractivity contribution in [3.63, 3.8) is 0 Å². The summed E-state index contributed by atoms with van der Waals surface area (Å²) >= 11 is 0. The van der Waals surface area contributed by atoms with E-state index in [2.05, 4.69) is 5.32 Å². The molecule has 1 aromatic rings. The van der Waals surface area contributed by atoms with Gasteiger partial charge in [-0.25, -0.2) is 5.32 Å². The minimum Gasteiger partial charge on any atom is -0.497 e. The lowest BCUT2D eigenvalue weighted by atomic mass is 10.2. The van der Waals surface area contributed by atoms with Crippen LogP contribution in [0.3, 0.4) is 0 Å². The molecule has 0 unspecified atom stereocenters. The molecule has 1 amide bonds. The van der Waals surface area contributed by atoms with E-state index in [-0.39, 0.29) is 5.91 Å². The summed E-state index contributed by atoms with van der Waals surface area (Å²) in [5.41, 5.74) is 1.09. The Hall–Kier alpha value is -1.55. The van der Waals surface area contributed by atoms with Gasteiger partial charge in [0.05, 0.1) is 13.7 Å². The van der Waals surface area contributed by atoms with Crippen LogP contribution in [0.2, 0.25) is 0 Å². The maximum Gasteiger partial charge on any atom is 0.238 e. The smallest absolute Gasteiger partial charge is 0.238 e. The van der Waals surface area contributed by atoms with Gasteiger partial charge in [-0.1, -0.05) is 12.1 Å². The molecule has 1 aliphatic heterocycles. The molecular formula is C12H15N2O2. The summed E-state index contributed by atoms with van der Waals surface area (Å²) in [5, 5.41) is 4.07. The summed E-state index contributed by atoms with van der Waals surface area (Å²) in [6.07, 6.45) is 0. The van der Waals surface area contributed by atoms with Gasteiger partial charge in [0.15, 0.2) is 0 Å². The molecule has 16 heavy (non-hydrogen) atoms. The average Bonchev–Trinajstić information content (AvgIpc) is 2.32. The summed E-state index contributed by atoms with van der Waals surface area (Å²) in [6, 6.07) is 7.80. The van der Waals surface area contributed by atoms with E-state index in [0.717, 1.165) is 24.4 Å². The average molecular weight is 219 g/mol. The molecule has 1 saturated heterocycles. The predicted molar refractivity (Wildman–Crippen MR) is 60.3 cm³/mol. The Morgan fingerprint density at radius 2 is 2.38 bits per heavy atom. The lowest BCUT2D eigenvalue weighted by Crippen LogP contribution is -2.44. The fourth-order valence-electron chi connectivity index (χ4n) is 1.75. The Balaban J connectivity index is 2.04. The Kier molecular flexibility index (Phi) is 3.41. The van der Waals surface area contributed by atoms with Gasteiger partial charge in [-0.2, -0.15) is 0 Å². The van der Waals surface area contributed by atoms with Crippen molar-refractivity contribution in [2.45, 2.75) is 6.54 Å². The second kappa shape index (κ2) is 4.99. The van der Waals surface area contributed by atoms with E-state index < -0.39 is 0 Å². The summed E-state index contributed by atoms with van der Waals surface area (Å²) in [7, 11) is 1.64. The van der Waals surface area contributed by atoms with Crippen molar-refractivity contribution < 1.29 is 9.53 Å². The molecule has 2 rings (SSSR count). The third-order valence-electron chi connectivity index (χ3n) is 2.64. The Morgan fingerprint density at radius 1 is 1.50 bits per heavy atom. The highest BCUT2D eigenvalue weighted by Gasteiger charge is 2.18. The van der Waals surface area contributed by atoms with Gasteiger partial charge in [-0.05, 0) is 17.7 Å². The van der Waals surface area contributed by atoms with Crippen molar-refractivity contribution in [1.29, 1.82) is 0 Å². The van der Waals surface area contributed by atoms with Gasteiger partial charge in [0.25, 0.3) is 0 Å². The summed E-state index contributed by atoms with van der Waals surface area (Å²) in [5.74, 6) is 0.931. The van der Waals surface area contributed by atoms with Crippen LogP contribution in [0, 0.1) is 0 Å². The highest BCUT2D eigenvalue weighted by atomic mass is 16.5. The Bertz CT molecular complexity index is 379. The summed E-state index contributed by atoms with van der Waals surface area (Å²) < 4.78 is 5.15. The Morgan fingerprint density at radius 3 is 3.12 bits per heavy atom. The lowest BCUT2D eigenvalue weighted by molar-refractivity contribution is -0.132. The zero-order valence-corrected chi connectivity index (χ0v) is 9.35. The molecule has 1 radical (unpaired) electrons. The molecule has 0 N–H and O–H groups in total. The van der Waals surface area contributed by atoms with Gasteiger partial charge < -0.3 is 9.64 Å². The van der Waals surface area contributed by atoms with Crippen molar-refractivity contribution in [1.82, 2.24) is 10.2 Å². The highest BCUT2D eigenvalue weighted by Crippen LogP contribution is 2.14. The van der Waals surface area contributed by atoms with Gasteiger partial charge in [-0.3, -0.25) is 4.79 Å². The van der Waals surface area contributed by atoms with Crippen LogP contribution in [0.1, 0.15) is 5.56 Å². The molecule has 0 aliphatic carbocycles. The van der Waals surface area contributed by atoms with E-state index in [9.17, 15) is 4.79 Å². The van der Waals surface area contributed by atoms with E-state index in [1.54, 1.807) is 7.11 Å². The van der Waals surface area contributed by atoms with Crippen LogP contribution in [-0.2, 0) is 11.3 Å². The predicted octanol–water partition coefficient (Wildman–Crippen LogP) is 0.642. The zero-order chi connectivity index (χ0) is 11.4. The maximum atomic E-state index is 11.6. The normalized spacial score (nSPS) is 16.3. The molecule has 1 heterocycles. The third kappa shape index (κ3) is 2.52. The molecule has 0 bridgehead atoms. The molecule has 0 saturated carbocycles. The van der Waals surface area contributed by atoms with Gasteiger partial charge >= 0.3 is 0 Å². The van der Waals surface area contributed by atoms with E-state index in [0.29, 0.717) is 13.1 Å². The van der Waals surface area contributed by atoms with Crippen molar-refractivity contribution in [2.75, 3.05) is 26.7 Å². The van der Waals surface area contributed by atoms with Gasteiger partial charge in [-0.15, -0.1) is 0 Å². The number of piperazine rings is 1. The zero-order valence-electron chi connectivity index (χ0n) is 9.35. The molecule has 1 aromatic carbocycles. The van der Waals surface area contributed by atoms with Crippen LogP contribution >= 0.6 is 0 Å². The number of ether oxygens (including phenoxy) is 1. The third-order valence-corrected chi connectivity index (χ3v) is 2.64. The fraction of sp³-hybridized carbons (Fsp3) is 0.417. The molecule has 1 aliphatic rings. The minimum absolute atomic E-state index is 0.106. The monoisotopic (exact) mass is 219 g/mol. The summed E-state index contributed by atoms with van der Waals surface area (Å²) in [4.78, 5) is 13.4. The molecule has 4 heteroatoms. The number of benzene rings is 1. The van der Waals surface area contributed by atoms with Crippen LogP contribution in [-0.4, -0.2) is 37.6 Å². The molecule has 85 valence electrons. The number of carbonyl (C=O) groups excluding carboxylic acids is 1. The van der Waals surface area contributed by atoms with Gasteiger partial charge in [0.2, 0.25) is 5.91 Å². The maximum absolute atomic E-state index is 11.6. The highest BCUT2D eigenvalue weighted by molar-refractivity contribution is 5.78. The SMILES string of the molecule is COc1cccc(CN2CC[N]CC2=O)c1. The minimum atomic E-state index is 0.106. The number of carbonyl (C=O) groups is 1. The van der Waals surface area contributed by atoms with E-state index in [1.807, 2.05) is 29.2 Å². The molecule has 0 aromatic heterocycles. The van der Waals surface area contributed by atoms with Crippen LogP contribution < -0.4 is 10.1 Å². The molecule has 0 spiro atoms. The second-order valence-corrected chi connectivity index (χ2v) is 3.77. The quantitative estimate of drug-likeness (QED) is 0.749. The fourth-order valence-corrected chi connectivity index (χ4v) is 1.75.